The Morgan fingerprint density at radius 1 is 1.25 bits per heavy atom. The number of aryl methyl sites for hydroxylation is 1. The minimum Gasteiger partial charge on any atom is -0.380 e. The van der Waals surface area contributed by atoms with Gasteiger partial charge in [0, 0.05) is 45.5 Å². The Bertz CT molecular complexity index is 567. The quantitative estimate of drug-likeness (QED) is 0.842. The number of anilines is 1. The van der Waals surface area contributed by atoms with E-state index in [1.54, 1.807) is 16.9 Å². The van der Waals surface area contributed by atoms with Gasteiger partial charge in [0.1, 0.15) is 0 Å². The normalized spacial score (nSPS) is 16.0. The molecule has 1 aromatic carbocycles. The number of nitrogens with zero attached hydrogens (tertiary/aromatic N) is 2. The van der Waals surface area contributed by atoms with Crippen molar-refractivity contribution >= 4 is 17.6 Å². The maximum absolute atomic E-state index is 12.3. The van der Waals surface area contributed by atoms with Crippen molar-refractivity contribution in [3.05, 3.63) is 29.8 Å². The molecule has 0 saturated carbocycles. The molecule has 0 radical (unpaired) electrons. The number of piperazine rings is 1. The summed E-state index contributed by atoms with van der Waals surface area (Å²) in [5.74, 6) is 0.0195. The van der Waals surface area contributed by atoms with Crippen molar-refractivity contribution in [2.24, 2.45) is 5.73 Å². The highest BCUT2D eigenvalue weighted by atomic mass is 16.5. The number of carbonyl (C=O) groups is 2. The Morgan fingerprint density at radius 2 is 1.92 bits per heavy atom. The summed E-state index contributed by atoms with van der Waals surface area (Å²) in [6.45, 7) is 4.39. The fraction of sp³-hybridized carbons (Fsp3) is 0.529. The van der Waals surface area contributed by atoms with Crippen LogP contribution in [0.2, 0.25) is 0 Å². The van der Waals surface area contributed by atoms with Crippen LogP contribution in [-0.2, 0) is 9.53 Å². The SMILES string of the molecule is COC(CN)CC(=O)N1CCN(C(=O)Nc2cccc(C)c2)CC1. The first kappa shape index (κ1) is 18.2. The number of rotatable bonds is 5. The van der Waals surface area contributed by atoms with Crippen molar-refractivity contribution in [3.63, 3.8) is 0 Å². The summed E-state index contributed by atoms with van der Waals surface area (Å²) in [4.78, 5) is 28.0. The largest absolute Gasteiger partial charge is 0.380 e. The van der Waals surface area contributed by atoms with Crippen molar-refractivity contribution in [1.82, 2.24) is 9.80 Å². The second kappa shape index (κ2) is 8.65. The zero-order chi connectivity index (χ0) is 17.5. The van der Waals surface area contributed by atoms with Gasteiger partial charge in [0.25, 0.3) is 0 Å². The molecule has 1 saturated heterocycles. The highest BCUT2D eigenvalue weighted by molar-refractivity contribution is 5.89. The Morgan fingerprint density at radius 3 is 2.50 bits per heavy atom. The molecule has 1 aromatic rings. The van der Waals surface area contributed by atoms with Gasteiger partial charge in [0.2, 0.25) is 5.91 Å². The zero-order valence-corrected chi connectivity index (χ0v) is 14.3. The molecular weight excluding hydrogens is 308 g/mol. The maximum atomic E-state index is 12.3. The third kappa shape index (κ3) is 4.94. The lowest BCUT2D eigenvalue weighted by Crippen LogP contribution is -2.52. The minimum atomic E-state index is -0.250. The van der Waals surface area contributed by atoms with E-state index in [2.05, 4.69) is 5.32 Å². The van der Waals surface area contributed by atoms with E-state index < -0.39 is 0 Å². The number of urea groups is 1. The van der Waals surface area contributed by atoms with Gasteiger partial charge in [0.05, 0.1) is 12.5 Å². The van der Waals surface area contributed by atoms with Gasteiger partial charge in [0.15, 0.2) is 0 Å². The number of carbonyl (C=O) groups excluding carboxylic acids is 2. The van der Waals surface area contributed by atoms with Crippen LogP contribution in [0.15, 0.2) is 24.3 Å². The molecule has 1 aliphatic heterocycles. The molecule has 1 fully saturated rings. The van der Waals surface area contributed by atoms with E-state index in [0.29, 0.717) is 32.7 Å². The number of nitrogens with one attached hydrogen (secondary N) is 1. The summed E-state index contributed by atoms with van der Waals surface area (Å²) < 4.78 is 5.15. The maximum Gasteiger partial charge on any atom is 0.321 e. The van der Waals surface area contributed by atoms with E-state index in [-0.39, 0.29) is 24.5 Å². The van der Waals surface area contributed by atoms with Crippen molar-refractivity contribution < 1.29 is 14.3 Å². The average Bonchev–Trinajstić information content (AvgIpc) is 2.59. The number of methoxy groups -OCH3 is 1. The lowest BCUT2D eigenvalue weighted by Gasteiger charge is -2.35. The van der Waals surface area contributed by atoms with Gasteiger partial charge in [-0.05, 0) is 24.6 Å². The predicted molar refractivity (Wildman–Crippen MR) is 92.8 cm³/mol. The minimum absolute atomic E-state index is 0.0195. The van der Waals surface area contributed by atoms with E-state index in [1.807, 2.05) is 31.2 Å². The van der Waals surface area contributed by atoms with Crippen LogP contribution in [0.3, 0.4) is 0 Å². The van der Waals surface area contributed by atoms with Gasteiger partial charge in [-0.1, -0.05) is 12.1 Å². The summed E-state index contributed by atoms with van der Waals surface area (Å²) in [7, 11) is 1.55. The van der Waals surface area contributed by atoms with E-state index in [9.17, 15) is 9.59 Å². The number of hydrogen-bond acceptors (Lipinski definition) is 4. The second-order valence-electron chi connectivity index (χ2n) is 5.97. The van der Waals surface area contributed by atoms with E-state index in [1.165, 1.54) is 0 Å². The summed E-state index contributed by atoms with van der Waals surface area (Å²) in [5.41, 5.74) is 7.43. The molecule has 0 aromatic heterocycles. The van der Waals surface area contributed by atoms with E-state index in [0.717, 1.165) is 11.3 Å². The van der Waals surface area contributed by atoms with Crippen LogP contribution in [0.4, 0.5) is 10.5 Å². The Hall–Kier alpha value is -2.12. The molecule has 1 aliphatic rings. The molecule has 2 rings (SSSR count). The Kier molecular flexibility index (Phi) is 6.57. The van der Waals surface area contributed by atoms with Crippen LogP contribution in [0, 0.1) is 6.92 Å². The molecule has 0 bridgehead atoms. The van der Waals surface area contributed by atoms with Gasteiger partial charge in [-0.15, -0.1) is 0 Å². The molecule has 1 atom stereocenters. The fourth-order valence-corrected chi connectivity index (χ4v) is 2.67. The third-order valence-electron chi connectivity index (χ3n) is 4.19. The molecule has 7 nitrogen and oxygen atoms in total. The Balaban J connectivity index is 1.81. The summed E-state index contributed by atoms with van der Waals surface area (Å²) in [6.07, 6.45) is 0.0304. The molecule has 1 unspecified atom stereocenters. The van der Waals surface area contributed by atoms with Crippen molar-refractivity contribution in [1.29, 1.82) is 0 Å². The number of benzene rings is 1. The number of nitrogens with two attached hydrogens (primary N) is 1. The Labute approximate surface area is 142 Å². The van der Waals surface area contributed by atoms with Crippen LogP contribution in [0.25, 0.3) is 0 Å². The van der Waals surface area contributed by atoms with Crippen molar-refractivity contribution in [3.8, 4) is 0 Å². The lowest BCUT2D eigenvalue weighted by molar-refractivity contribution is -0.135. The molecule has 132 valence electrons. The van der Waals surface area contributed by atoms with Crippen molar-refractivity contribution in [2.75, 3.05) is 45.2 Å². The summed E-state index contributed by atoms with van der Waals surface area (Å²) in [6, 6.07) is 7.54. The predicted octanol–water partition coefficient (Wildman–Crippen LogP) is 1.03. The van der Waals surface area contributed by atoms with Crippen LogP contribution >= 0.6 is 0 Å². The van der Waals surface area contributed by atoms with E-state index >= 15 is 0 Å². The topological polar surface area (TPSA) is 87.9 Å². The fourth-order valence-electron chi connectivity index (χ4n) is 2.67. The van der Waals surface area contributed by atoms with Crippen LogP contribution < -0.4 is 11.1 Å². The smallest absolute Gasteiger partial charge is 0.321 e. The van der Waals surface area contributed by atoms with Crippen molar-refractivity contribution in [2.45, 2.75) is 19.4 Å². The molecule has 3 amide bonds. The number of hydrogen-bond donors (Lipinski definition) is 2. The number of ether oxygens (including phenoxy) is 1. The van der Waals surface area contributed by atoms with E-state index in [4.69, 9.17) is 10.5 Å². The van der Waals surface area contributed by atoms with Gasteiger partial charge in [-0.2, -0.15) is 0 Å². The highest BCUT2D eigenvalue weighted by Gasteiger charge is 2.25. The second-order valence-corrected chi connectivity index (χ2v) is 5.97. The van der Waals surface area contributed by atoms with Crippen LogP contribution in [-0.4, -0.2) is 67.7 Å². The van der Waals surface area contributed by atoms with Gasteiger partial charge < -0.3 is 25.6 Å². The van der Waals surface area contributed by atoms with Gasteiger partial charge >= 0.3 is 6.03 Å². The zero-order valence-electron chi connectivity index (χ0n) is 14.3. The lowest BCUT2D eigenvalue weighted by atomic mass is 10.2. The molecule has 3 N–H and O–H groups in total. The average molecular weight is 334 g/mol. The molecule has 24 heavy (non-hydrogen) atoms. The number of amides is 3. The molecule has 7 heteroatoms. The molecule has 1 heterocycles. The molecular formula is C17H26N4O3. The summed E-state index contributed by atoms with van der Waals surface area (Å²) in [5, 5.41) is 2.89. The van der Waals surface area contributed by atoms with Crippen LogP contribution in [0.5, 0.6) is 0 Å². The molecule has 0 spiro atoms. The third-order valence-corrected chi connectivity index (χ3v) is 4.19. The first-order valence-corrected chi connectivity index (χ1v) is 8.16. The summed E-state index contributed by atoms with van der Waals surface area (Å²) >= 11 is 0. The monoisotopic (exact) mass is 334 g/mol. The first-order chi connectivity index (χ1) is 11.5. The standard InChI is InChI=1S/C17H26N4O3/c1-13-4-3-5-14(10-13)19-17(23)21-8-6-20(7-9-21)16(22)11-15(12-18)24-2/h3-5,10,15H,6-9,11-12,18H2,1-2H3,(H,19,23). The molecule has 0 aliphatic carbocycles. The van der Waals surface area contributed by atoms with Gasteiger partial charge in [-0.25, -0.2) is 4.79 Å². The van der Waals surface area contributed by atoms with Gasteiger partial charge in [-0.3, -0.25) is 4.79 Å². The first-order valence-electron chi connectivity index (χ1n) is 8.16. The highest BCUT2D eigenvalue weighted by Crippen LogP contribution is 2.12. The van der Waals surface area contributed by atoms with Crippen LogP contribution in [0.1, 0.15) is 12.0 Å².